The molecule has 4 aromatic heterocycles. The Morgan fingerprint density at radius 3 is 2.77 bits per heavy atom. The molecule has 4 heterocycles. The number of hydrogen-bond acceptors (Lipinski definition) is 4. The van der Waals surface area contributed by atoms with E-state index in [1.807, 2.05) is 40.9 Å². The minimum Gasteiger partial charge on any atom is -0.361 e. The lowest BCUT2D eigenvalue weighted by molar-refractivity contribution is 1.10. The molecule has 1 N–H and O–H groups in total. The zero-order valence-corrected chi connectivity index (χ0v) is 13.6. The van der Waals surface area contributed by atoms with Crippen LogP contribution in [0.3, 0.4) is 0 Å². The van der Waals surface area contributed by atoms with Crippen LogP contribution in [-0.4, -0.2) is 24.3 Å². The highest BCUT2D eigenvalue weighted by atomic mass is 15.0. The molecule has 6 heteroatoms. The van der Waals surface area contributed by atoms with E-state index in [4.69, 9.17) is 10.2 Å². The molecule has 0 aliphatic heterocycles. The molecule has 122 valence electrons. The SMILES string of the molecule is N#Cc1cn2c(-c3cccc(-c4cccc5[nH]ccc45)n3)cnc2cn1. The van der Waals surface area contributed by atoms with Gasteiger partial charge in [-0.05, 0) is 24.3 Å². The van der Waals surface area contributed by atoms with Crippen molar-refractivity contribution in [3.8, 4) is 28.7 Å². The van der Waals surface area contributed by atoms with Crippen LogP contribution in [0.5, 0.6) is 0 Å². The highest BCUT2D eigenvalue weighted by Crippen LogP contribution is 2.28. The van der Waals surface area contributed by atoms with Gasteiger partial charge in [-0.2, -0.15) is 5.26 Å². The van der Waals surface area contributed by atoms with E-state index >= 15 is 0 Å². The second-order valence-corrected chi connectivity index (χ2v) is 5.91. The summed E-state index contributed by atoms with van der Waals surface area (Å²) in [4.78, 5) is 16.5. The molecule has 0 saturated carbocycles. The van der Waals surface area contributed by atoms with Gasteiger partial charge in [-0.1, -0.05) is 18.2 Å². The lowest BCUT2D eigenvalue weighted by Crippen LogP contribution is -1.95. The van der Waals surface area contributed by atoms with Gasteiger partial charge in [-0.25, -0.2) is 15.0 Å². The maximum atomic E-state index is 9.10. The quantitative estimate of drug-likeness (QED) is 0.531. The van der Waals surface area contributed by atoms with Crippen molar-refractivity contribution < 1.29 is 0 Å². The smallest absolute Gasteiger partial charge is 0.157 e. The van der Waals surface area contributed by atoms with Crippen molar-refractivity contribution >= 4 is 16.6 Å². The predicted octanol–water partition coefficient (Wildman–Crippen LogP) is 3.81. The summed E-state index contributed by atoms with van der Waals surface area (Å²) in [5, 5.41) is 10.2. The summed E-state index contributed by atoms with van der Waals surface area (Å²) in [5.74, 6) is 0. The number of hydrogen-bond donors (Lipinski definition) is 1. The number of aromatic nitrogens is 5. The first-order chi connectivity index (χ1) is 12.8. The number of imidazole rings is 1. The summed E-state index contributed by atoms with van der Waals surface area (Å²) in [6.07, 6.45) is 6.95. The maximum Gasteiger partial charge on any atom is 0.157 e. The Labute approximate surface area is 148 Å². The molecule has 0 bridgehead atoms. The van der Waals surface area contributed by atoms with Crippen molar-refractivity contribution in [2.45, 2.75) is 0 Å². The first-order valence-corrected chi connectivity index (χ1v) is 8.10. The molecule has 5 rings (SSSR count). The van der Waals surface area contributed by atoms with Gasteiger partial charge in [0.15, 0.2) is 11.3 Å². The van der Waals surface area contributed by atoms with Crippen molar-refractivity contribution in [2.24, 2.45) is 0 Å². The Morgan fingerprint density at radius 2 is 1.85 bits per heavy atom. The molecule has 0 radical (unpaired) electrons. The van der Waals surface area contributed by atoms with Crippen molar-refractivity contribution in [2.75, 3.05) is 0 Å². The molecule has 0 amide bonds. The molecule has 0 fully saturated rings. The molecule has 0 spiro atoms. The topological polar surface area (TPSA) is 82.7 Å². The summed E-state index contributed by atoms with van der Waals surface area (Å²) in [7, 11) is 0. The van der Waals surface area contributed by atoms with Crippen LogP contribution in [0, 0.1) is 11.3 Å². The van der Waals surface area contributed by atoms with Crippen LogP contribution < -0.4 is 0 Å². The number of rotatable bonds is 2. The van der Waals surface area contributed by atoms with E-state index in [1.165, 1.54) is 0 Å². The van der Waals surface area contributed by atoms with Gasteiger partial charge in [-0.3, -0.25) is 4.40 Å². The summed E-state index contributed by atoms with van der Waals surface area (Å²) in [5.41, 5.74) is 5.66. The number of pyridine rings is 1. The van der Waals surface area contributed by atoms with Crippen LogP contribution in [-0.2, 0) is 0 Å². The molecule has 6 nitrogen and oxygen atoms in total. The van der Waals surface area contributed by atoms with Crippen LogP contribution in [0.2, 0.25) is 0 Å². The van der Waals surface area contributed by atoms with Crippen LogP contribution in [0.4, 0.5) is 0 Å². The second kappa shape index (κ2) is 5.53. The second-order valence-electron chi connectivity index (χ2n) is 5.91. The van der Waals surface area contributed by atoms with Gasteiger partial charge in [0.05, 0.1) is 29.5 Å². The van der Waals surface area contributed by atoms with Crippen molar-refractivity contribution in [3.05, 3.63) is 72.9 Å². The third-order valence-electron chi connectivity index (χ3n) is 4.39. The number of aromatic amines is 1. The fraction of sp³-hybridized carbons (Fsp3) is 0. The van der Waals surface area contributed by atoms with Gasteiger partial charge >= 0.3 is 0 Å². The van der Waals surface area contributed by atoms with E-state index in [2.05, 4.69) is 33.2 Å². The van der Waals surface area contributed by atoms with E-state index in [1.54, 1.807) is 18.6 Å². The fourth-order valence-corrected chi connectivity index (χ4v) is 3.17. The van der Waals surface area contributed by atoms with Crippen LogP contribution in [0.15, 0.2) is 67.3 Å². The maximum absolute atomic E-state index is 9.10. The Kier molecular flexibility index (Phi) is 3.06. The van der Waals surface area contributed by atoms with Gasteiger partial charge in [-0.15, -0.1) is 0 Å². The van der Waals surface area contributed by atoms with Crippen molar-refractivity contribution in [1.29, 1.82) is 5.26 Å². The minimum atomic E-state index is 0.338. The zero-order valence-electron chi connectivity index (χ0n) is 13.6. The number of nitriles is 1. The molecule has 0 aliphatic rings. The van der Waals surface area contributed by atoms with Gasteiger partial charge in [0.1, 0.15) is 6.07 Å². The molecule has 26 heavy (non-hydrogen) atoms. The van der Waals surface area contributed by atoms with E-state index in [0.29, 0.717) is 11.3 Å². The van der Waals surface area contributed by atoms with E-state index < -0.39 is 0 Å². The minimum absolute atomic E-state index is 0.338. The standard InChI is InChI=1S/C20H12N6/c21-9-13-12-26-19(10-24-20(26)11-23-13)18-6-2-5-17(25-18)14-3-1-4-16-15(14)7-8-22-16/h1-8,10-12,22H. The first kappa shape index (κ1) is 14.4. The highest BCUT2D eigenvalue weighted by molar-refractivity contribution is 5.94. The first-order valence-electron chi connectivity index (χ1n) is 8.10. The molecule has 0 aliphatic carbocycles. The molecule has 0 unspecified atom stereocenters. The lowest BCUT2D eigenvalue weighted by atomic mass is 10.1. The third-order valence-corrected chi connectivity index (χ3v) is 4.39. The average Bonchev–Trinajstić information content (AvgIpc) is 3.34. The Bertz CT molecular complexity index is 1300. The van der Waals surface area contributed by atoms with Gasteiger partial charge in [0, 0.05) is 28.9 Å². The highest BCUT2D eigenvalue weighted by Gasteiger charge is 2.11. The number of H-pyrrole nitrogens is 1. The van der Waals surface area contributed by atoms with Crippen LogP contribution in [0.25, 0.3) is 39.2 Å². The zero-order chi connectivity index (χ0) is 17.5. The van der Waals surface area contributed by atoms with Gasteiger partial charge in [0.25, 0.3) is 0 Å². The molecular formula is C20H12N6. The number of nitrogens with zero attached hydrogens (tertiary/aromatic N) is 5. The van der Waals surface area contributed by atoms with E-state index in [0.717, 1.165) is 33.5 Å². The van der Waals surface area contributed by atoms with E-state index in [9.17, 15) is 0 Å². The molecule has 0 saturated heterocycles. The van der Waals surface area contributed by atoms with E-state index in [-0.39, 0.29) is 0 Å². The third kappa shape index (κ3) is 2.15. The van der Waals surface area contributed by atoms with Gasteiger partial charge in [0.2, 0.25) is 0 Å². The summed E-state index contributed by atoms with van der Waals surface area (Å²) < 4.78 is 1.84. The molecule has 1 aromatic carbocycles. The monoisotopic (exact) mass is 336 g/mol. The summed E-state index contributed by atoms with van der Waals surface area (Å²) in [6, 6.07) is 16.2. The Hall–Kier alpha value is -3.98. The fourth-order valence-electron chi connectivity index (χ4n) is 3.17. The summed E-state index contributed by atoms with van der Waals surface area (Å²) >= 11 is 0. The Balaban J connectivity index is 1.70. The molecular weight excluding hydrogens is 324 g/mol. The lowest BCUT2D eigenvalue weighted by Gasteiger charge is -2.06. The normalized spacial score (nSPS) is 11.0. The number of fused-ring (bicyclic) bond motifs is 2. The molecule has 5 aromatic rings. The average molecular weight is 336 g/mol. The number of nitrogens with one attached hydrogen (secondary N) is 1. The van der Waals surface area contributed by atoms with Crippen molar-refractivity contribution in [1.82, 2.24) is 24.3 Å². The summed E-state index contributed by atoms with van der Waals surface area (Å²) in [6.45, 7) is 0. The predicted molar refractivity (Wildman–Crippen MR) is 98.2 cm³/mol. The number of benzene rings is 1. The van der Waals surface area contributed by atoms with Gasteiger partial charge < -0.3 is 4.98 Å². The Morgan fingerprint density at radius 1 is 0.962 bits per heavy atom. The van der Waals surface area contributed by atoms with Crippen LogP contribution >= 0.6 is 0 Å². The van der Waals surface area contributed by atoms with Crippen LogP contribution in [0.1, 0.15) is 5.69 Å². The molecule has 0 atom stereocenters. The largest absolute Gasteiger partial charge is 0.361 e. The van der Waals surface area contributed by atoms with Crippen molar-refractivity contribution in [3.63, 3.8) is 0 Å².